The second-order valence-electron chi connectivity index (χ2n) is 6.10. The molecule has 0 atom stereocenters. The fourth-order valence-corrected chi connectivity index (χ4v) is 4.00. The van der Waals surface area contributed by atoms with E-state index in [4.69, 9.17) is 5.11 Å². The molecule has 0 radical (unpaired) electrons. The summed E-state index contributed by atoms with van der Waals surface area (Å²) in [5, 5.41) is 9.84. The highest BCUT2D eigenvalue weighted by atomic mass is 32.2. The maximum atomic E-state index is 10.9. The van der Waals surface area contributed by atoms with E-state index in [2.05, 4.69) is 15.6 Å². The van der Waals surface area contributed by atoms with Crippen molar-refractivity contribution in [2.45, 2.75) is 36.9 Å². The Bertz CT molecular complexity index is 677. The minimum atomic E-state index is -0.784. The smallest absolute Gasteiger partial charge is 0.313 e. The zero-order valence-corrected chi connectivity index (χ0v) is 12.6. The highest BCUT2D eigenvalue weighted by molar-refractivity contribution is 7.99. The van der Waals surface area contributed by atoms with Gasteiger partial charge in [0.05, 0.1) is 16.8 Å². The monoisotopic (exact) mass is 302 g/mol. The fraction of sp³-hybridized carbons (Fsp3) is 0.500. The molecule has 0 aliphatic heterocycles. The first-order valence-electron chi connectivity index (χ1n) is 7.55. The molecule has 4 nitrogen and oxygen atoms in total. The van der Waals surface area contributed by atoms with E-state index >= 15 is 0 Å². The number of carbonyl (C=O) groups is 1. The molecule has 2 aromatic rings. The Labute approximate surface area is 127 Å². The molecule has 2 aliphatic rings. The second kappa shape index (κ2) is 5.05. The molecule has 2 saturated carbocycles. The molecule has 0 spiro atoms. The Hall–Kier alpha value is -1.49. The highest BCUT2D eigenvalue weighted by Gasteiger charge is 2.44. The number of nitrogens with zero attached hydrogens (tertiary/aromatic N) is 2. The van der Waals surface area contributed by atoms with Crippen LogP contribution in [0.25, 0.3) is 11.0 Å². The molecule has 4 rings (SSSR count). The molecule has 0 amide bonds. The number of para-hydroxylation sites is 2. The van der Waals surface area contributed by atoms with E-state index in [0.29, 0.717) is 6.04 Å². The van der Waals surface area contributed by atoms with Crippen molar-refractivity contribution in [2.24, 2.45) is 11.8 Å². The van der Waals surface area contributed by atoms with E-state index in [1.807, 2.05) is 18.2 Å². The van der Waals surface area contributed by atoms with Crippen molar-refractivity contribution < 1.29 is 9.90 Å². The van der Waals surface area contributed by atoms with E-state index < -0.39 is 5.97 Å². The molecule has 0 unspecified atom stereocenters. The van der Waals surface area contributed by atoms with Crippen LogP contribution < -0.4 is 0 Å². The van der Waals surface area contributed by atoms with E-state index in [1.165, 1.54) is 37.4 Å². The second-order valence-corrected chi connectivity index (χ2v) is 7.04. The van der Waals surface area contributed by atoms with Gasteiger partial charge < -0.3 is 9.67 Å². The number of imidazole rings is 1. The lowest BCUT2D eigenvalue weighted by atomic mass is 10.1. The normalized spacial score (nSPS) is 18.5. The molecular formula is C16H18N2O2S. The van der Waals surface area contributed by atoms with Crippen LogP contribution in [-0.2, 0) is 4.79 Å². The largest absolute Gasteiger partial charge is 0.481 e. The molecule has 1 heterocycles. The molecule has 2 fully saturated rings. The summed E-state index contributed by atoms with van der Waals surface area (Å²) in [5.74, 6) is 0.817. The van der Waals surface area contributed by atoms with Crippen LogP contribution in [0.15, 0.2) is 29.4 Å². The minimum Gasteiger partial charge on any atom is -0.481 e. The highest BCUT2D eigenvalue weighted by Crippen LogP contribution is 2.53. The van der Waals surface area contributed by atoms with Crippen molar-refractivity contribution in [1.29, 1.82) is 0 Å². The summed E-state index contributed by atoms with van der Waals surface area (Å²) in [6, 6.07) is 8.70. The summed E-state index contributed by atoms with van der Waals surface area (Å²) < 4.78 is 2.35. The van der Waals surface area contributed by atoms with E-state index in [1.54, 1.807) is 0 Å². The number of hydrogen-bond acceptors (Lipinski definition) is 3. The van der Waals surface area contributed by atoms with Crippen LogP contribution in [0, 0.1) is 11.8 Å². The van der Waals surface area contributed by atoms with E-state index in [9.17, 15) is 4.79 Å². The van der Waals surface area contributed by atoms with Crippen LogP contribution in [0.5, 0.6) is 0 Å². The zero-order valence-electron chi connectivity index (χ0n) is 11.7. The van der Waals surface area contributed by atoms with Crippen molar-refractivity contribution >= 4 is 28.8 Å². The maximum absolute atomic E-state index is 10.9. The van der Waals surface area contributed by atoms with Gasteiger partial charge in [0.2, 0.25) is 0 Å². The van der Waals surface area contributed by atoms with Gasteiger partial charge in [-0.3, -0.25) is 4.79 Å². The van der Waals surface area contributed by atoms with Crippen LogP contribution in [0.2, 0.25) is 0 Å². The lowest BCUT2D eigenvalue weighted by molar-refractivity contribution is -0.133. The SMILES string of the molecule is O=C(O)CSc1nc2ccccc2n1C(C1CC1)C1CC1. The number of fused-ring (bicyclic) bond motifs is 1. The third kappa shape index (κ3) is 2.55. The average Bonchev–Trinajstić information content (AvgIpc) is 3.35. The van der Waals surface area contributed by atoms with Gasteiger partial charge in [0.1, 0.15) is 0 Å². The summed E-state index contributed by atoms with van der Waals surface area (Å²) in [7, 11) is 0. The summed E-state index contributed by atoms with van der Waals surface area (Å²) in [6.45, 7) is 0. The summed E-state index contributed by atoms with van der Waals surface area (Å²) in [4.78, 5) is 15.6. The number of hydrogen-bond donors (Lipinski definition) is 1. The van der Waals surface area contributed by atoms with Gasteiger partial charge in [-0.15, -0.1) is 0 Å². The molecule has 110 valence electrons. The van der Waals surface area contributed by atoms with Crippen molar-refractivity contribution in [3.8, 4) is 0 Å². The van der Waals surface area contributed by atoms with Crippen LogP contribution in [0.3, 0.4) is 0 Å². The third-order valence-corrected chi connectivity index (χ3v) is 5.33. The van der Waals surface area contributed by atoms with Crippen LogP contribution >= 0.6 is 11.8 Å². The van der Waals surface area contributed by atoms with E-state index in [0.717, 1.165) is 28.0 Å². The van der Waals surface area contributed by atoms with Crippen molar-refractivity contribution in [3.63, 3.8) is 0 Å². The van der Waals surface area contributed by atoms with Gasteiger partial charge in [0.25, 0.3) is 0 Å². The summed E-state index contributed by atoms with van der Waals surface area (Å²) in [5.41, 5.74) is 2.14. The standard InChI is InChI=1S/C16H18N2O2S/c19-14(20)9-21-16-17-12-3-1-2-4-13(12)18(16)15(10-5-6-10)11-7-8-11/h1-4,10-11,15H,5-9H2,(H,19,20). The maximum Gasteiger partial charge on any atom is 0.313 e. The Morgan fingerprint density at radius 2 is 1.95 bits per heavy atom. The number of thioether (sulfide) groups is 1. The number of carboxylic acids is 1. The number of carboxylic acid groups (broad SMARTS) is 1. The van der Waals surface area contributed by atoms with E-state index in [-0.39, 0.29) is 5.75 Å². The van der Waals surface area contributed by atoms with Gasteiger partial charge in [-0.1, -0.05) is 23.9 Å². The molecule has 1 aromatic heterocycles. The van der Waals surface area contributed by atoms with Crippen LogP contribution in [0.1, 0.15) is 31.7 Å². The predicted molar refractivity (Wildman–Crippen MR) is 82.6 cm³/mol. The Morgan fingerprint density at radius 1 is 1.29 bits per heavy atom. The molecule has 1 N–H and O–H groups in total. The van der Waals surface area contributed by atoms with Crippen molar-refractivity contribution in [1.82, 2.24) is 9.55 Å². The van der Waals surface area contributed by atoms with Gasteiger partial charge >= 0.3 is 5.97 Å². The Kier molecular flexibility index (Phi) is 3.17. The number of aromatic nitrogens is 2. The number of aliphatic carboxylic acids is 1. The molecule has 2 aliphatic carbocycles. The summed E-state index contributed by atoms with van der Waals surface area (Å²) >= 11 is 1.35. The van der Waals surface area contributed by atoms with Gasteiger partial charge in [-0.25, -0.2) is 4.98 Å². The molecule has 21 heavy (non-hydrogen) atoms. The van der Waals surface area contributed by atoms with Crippen molar-refractivity contribution in [2.75, 3.05) is 5.75 Å². The third-order valence-electron chi connectivity index (χ3n) is 4.40. The predicted octanol–water partition coefficient (Wildman–Crippen LogP) is 3.57. The topological polar surface area (TPSA) is 55.1 Å². The summed E-state index contributed by atoms with van der Waals surface area (Å²) in [6.07, 6.45) is 5.21. The van der Waals surface area contributed by atoms with Crippen LogP contribution in [0.4, 0.5) is 0 Å². The molecular weight excluding hydrogens is 284 g/mol. The first-order chi connectivity index (χ1) is 10.2. The number of rotatable bonds is 6. The van der Waals surface area contributed by atoms with Crippen molar-refractivity contribution in [3.05, 3.63) is 24.3 Å². The zero-order chi connectivity index (χ0) is 14.4. The fourth-order valence-electron chi connectivity index (χ4n) is 3.22. The van der Waals surface area contributed by atoms with Gasteiger partial charge in [-0.05, 0) is 49.7 Å². The lowest BCUT2D eigenvalue weighted by Crippen LogP contribution is -2.15. The lowest BCUT2D eigenvalue weighted by Gasteiger charge is -2.21. The Morgan fingerprint density at radius 3 is 2.57 bits per heavy atom. The quantitative estimate of drug-likeness (QED) is 0.829. The first-order valence-corrected chi connectivity index (χ1v) is 8.54. The molecule has 0 bridgehead atoms. The Balaban J connectivity index is 1.79. The number of benzene rings is 1. The first kappa shape index (κ1) is 13.2. The molecule has 1 aromatic carbocycles. The molecule has 5 heteroatoms. The van der Waals surface area contributed by atoms with Gasteiger partial charge in [-0.2, -0.15) is 0 Å². The van der Waals surface area contributed by atoms with Gasteiger partial charge in [0, 0.05) is 6.04 Å². The minimum absolute atomic E-state index is 0.0748. The average molecular weight is 302 g/mol. The van der Waals surface area contributed by atoms with Crippen LogP contribution in [-0.4, -0.2) is 26.4 Å². The molecule has 0 saturated heterocycles. The van der Waals surface area contributed by atoms with Gasteiger partial charge in [0.15, 0.2) is 5.16 Å².